The third-order valence-electron chi connectivity index (χ3n) is 2.11. The summed E-state index contributed by atoms with van der Waals surface area (Å²) in [7, 11) is 0. The predicted octanol–water partition coefficient (Wildman–Crippen LogP) is 2.16. The average Bonchev–Trinajstić information content (AvgIpc) is 2.13. The van der Waals surface area contributed by atoms with Crippen molar-refractivity contribution >= 4 is 28.6 Å². The second-order valence-corrected chi connectivity index (χ2v) is 4.93. The second kappa shape index (κ2) is 4.99. The molecule has 88 valence electrons. The summed E-state index contributed by atoms with van der Waals surface area (Å²) in [5.41, 5.74) is 1.15. The first-order chi connectivity index (χ1) is 7.34. The van der Waals surface area contributed by atoms with Crippen LogP contribution in [-0.2, 0) is 4.74 Å². The van der Waals surface area contributed by atoms with Crippen LogP contribution in [0, 0.1) is 17.4 Å². The number of aromatic amines is 1. The smallest absolute Gasteiger partial charge is 0.344 e. The molecule has 0 aromatic carbocycles. The molecule has 1 N–H and O–H groups in total. The maximum atomic E-state index is 11.7. The Morgan fingerprint density at radius 2 is 1.94 bits per heavy atom. The van der Waals surface area contributed by atoms with Crippen molar-refractivity contribution in [2.24, 2.45) is 0 Å². The fraction of sp³-hybridized carbons (Fsp3) is 0.455. The Labute approximate surface area is 108 Å². The molecule has 0 radical (unpaired) electrons. The molecule has 0 saturated heterocycles. The van der Waals surface area contributed by atoms with Gasteiger partial charge in [-0.15, -0.1) is 0 Å². The Balaban J connectivity index is 3.29. The number of rotatable bonds is 2. The minimum atomic E-state index is -0.563. The zero-order chi connectivity index (χ0) is 12.5. The second-order valence-electron chi connectivity index (χ2n) is 3.85. The van der Waals surface area contributed by atoms with Crippen LogP contribution in [0.4, 0.5) is 0 Å². The summed E-state index contributed by atoms with van der Waals surface area (Å²) in [6.07, 6.45) is -0.231. The minimum Gasteiger partial charge on any atom is -0.459 e. The fourth-order valence-electron chi connectivity index (χ4n) is 1.37. The van der Waals surface area contributed by atoms with Crippen LogP contribution < -0.4 is 5.56 Å². The van der Waals surface area contributed by atoms with E-state index in [9.17, 15) is 9.59 Å². The number of aryl methyl sites for hydroxylation is 1. The molecule has 16 heavy (non-hydrogen) atoms. The highest BCUT2D eigenvalue weighted by atomic mass is 127. The van der Waals surface area contributed by atoms with Gasteiger partial charge >= 0.3 is 5.97 Å². The summed E-state index contributed by atoms with van der Waals surface area (Å²) in [6.45, 7) is 7.05. The number of nitrogens with one attached hydrogen (secondary N) is 1. The molecule has 1 aromatic rings. The molecule has 0 amide bonds. The molecule has 5 heteroatoms. The van der Waals surface area contributed by atoms with E-state index in [1.165, 1.54) is 0 Å². The number of hydrogen-bond donors (Lipinski definition) is 1. The summed E-state index contributed by atoms with van der Waals surface area (Å²) in [4.78, 5) is 26.0. The maximum Gasteiger partial charge on any atom is 0.344 e. The molecule has 1 rings (SSSR count). The lowest BCUT2D eigenvalue weighted by Gasteiger charge is -2.11. The van der Waals surface area contributed by atoms with E-state index in [1.54, 1.807) is 27.7 Å². The van der Waals surface area contributed by atoms with Crippen LogP contribution in [0.2, 0.25) is 0 Å². The highest BCUT2D eigenvalue weighted by Gasteiger charge is 2.19. The maximum absolute atomic E-state index is 11.7. The summed E-state index contributed by atoms with van der Waals surface area (Å²) in [6, 6.07) is 0. The van der Waals surface area contributed by atoms with Crippen molar-refractivity contribution in [2.75, 3.05) is 0 Å². The van der Waals surface area contributed by atoms with Gasteiger partial charge in [-0.2, -0.15) is 0 Å². The van der Waals surface area contributed by atoms with E-state index in [4.69, 9.17) is 4.74 Å². The van der Waals surface area contributed by atoms with Gasteiger partial charge in [0, 0.05) is 9.26 Å². The minimum absolute atomic E-state index is 0.101. The molecule has 0 fully saturated rings. The molecule has 0 atom stereocenters. The molecule has 0 aliphatic carbocycles. The number of H-pyrrole nitrogens is 1. The van der Waals surface area contributed by atoms with E-state index in [1.807, 2.05) is 0 Å². The molecule has 4 nitrogen and oxygen atoms in total. The van der Waals surface area contributed by atoms with E-state index in [2.05, 4.69) is 27.6 Å². The molecule has 0 bridgehead atoms. The zero-order valence-electron chi connectivity index (χ0n) is 9.68. The quantitative estimate of drug-likeness (QED) is 0.666. The van der Waals surface area contributed by atoms with Gasteiger partial charge in [-0.25, -0.2) is 4.79 Å². The van der Waals surface area contributed by atoms with Gasteiger partial charge in [-0.05, 0) is 55.8 Å². The first-order valence-corrected chi connectivity index (χ1v) is 6.02. The lowest BCUT2D eigenvalue weighted by molar-refractivity contribution is 0.0375. The van der Waals surface area contributed by atoms with Crippen LogP contribution in [-0.4, -0.2) is 17.1 Å². The van der Waals surface area contributed by atoms with E-state index >= 15 is 0 Å². The fourth-order valence-corrected chi connectivity index (χ4v) is 1.77. The van der Waals surface area contributed by atoms with Gasteiger partial charge in [0.15, 0.2) is 0 Å². The van der Waals surface area contributed by atoms with Crippen molar-refractivity contribution in [3.05, 3.63) is 30.7 Å². The van der Waals surface area contributed by atoms with Gasteiger partial charge in [-0.3, -0.25) is 4.79 Å². The van der Waals surface area contributed by atoms with Gasteiger partial charge in [0.2, 0.25) is 0 Å². The number of carbonyl (C=O) groups excluding carboxylic acids is 1. The monoisotopic (exact) mass is 335 g/mol. The predicted molar refractivity (Wildman–Crippen MR) is 69.8 cm³/mol. The molecule has 0 saturated carbocycles. The molecule has 1 aromatic heterocycles. The third kappa shape index (κ3) is 2.63. The Bertz CT molecular complexity index is 477. The molecule has 0 spiro atoms. The SMILES string of the molecule is Cc1[nH]c(=O)c(C(=O)OC(C)C)c(C)c1I. The van der Waals surface area contributed by atoms with E-state index in [0.717, 1.165) is 9.26 Å². The van der Waals surface area contributed by atoms with Crippen molar-refractivity contribution in [2.45, 2.75) is 33.8 Å². The topological polar surface area (TPSA) is 59.2 Å². The summed E-state index contributed by atoms with van der Waals surface area (Å²) in [5.74, 6) is -0.563. The highest BCUT2D eigenvalue weighted by Crippen LogP contribution is 2.16. The lowest BCUT2D eigenvalue weighted by Crippen LogP contribution is -2.25. The van der Waals surface area contributed by atoms with Crippen molar-refractivity contribution in [1.82, 2.24) is 4.98 Å². The number of aromatic nitrogens is 1. The zero-order valence-corrected chi connectivity index (χ0v) is 11.8. The Morgan fingerprint density at radius 3 is 2.44 bits per heavy atom. The summed E-state index contributed by atoms with van der Waals surface area (Å²) < 4.78 is 5.91. The van der Waals surface area contributed by atoms with Crippen LogP contribution in [0.15, 0.2) is 4.79 Å². The van der Waals surface area contributed by atoms with Crippen molar-refractivity contribution < 1.29 is 9.53 Å². The van der Waals surface area contributed by atoms with Gasteiger partial charge < -0.3 is 9.72 Å². The first-order valence-electron chi connectivity index (χ1n) is 4.94. The molecular formula is C11H14INO3. The number of esters is 1. The van der Waals surface area contributed by atoms with Crippen LogP contribution >= 0.6 is 22.6 Å². The largest absolute Gasteiger partial charge is 0.459 e. The number of pyridine rings is 1. The van der Waals surface area contributed by atoms with Crippen LogP contribution in [0.1, 0.15) is 35.5 Å². The highest BCUT2D eigenvalue weighted by molar-refractivity contribution is 14.1. The molecule has 0 aliphatic rings. The van der Waals surface area contributed by atoms with E-state index in [-0.39, 0.29) is 17.2 Å². The molecular weight excluding hydrogens is 321 g/mol. The van der Waals surface area contributed by atoms with Crippen molar-refractivity contribution in [1.29, 1.82) is 0 Å². The Morgan fingerprint density at radius 1 is 1.38 bits per heavy atom. The summed E-state index contributed by atoms with van der Waals surface area (Å²) >= 11 is 2.10. The number of halogens is 1. The van der Waals surface area contributed by atoms with Crippen LogP contribution in [0.3, 0.4) is 0 Å². The number of carbonyl (C=O) groups is 1. The Kier molecular flexibility index (Phi) is 4.12. The van der Waals surface area contributed by atoms with Crippen molar-refractivity contribution in [3.8, 4) is 0 Å². The van der Waals surface area contributed by atoms with Crippen LogP contribution in [0.5, 0.6) is 0 Å². The Hall–Kier alpha value is -0.850. The normalized spacial score (nSPS) is 10.6. The van der Waals surface area contributed by atoms with E-state index in [0.29, 0.717) is 5.56 Å². The van der Waals surface area contributed by atoms with Crippen LogP contribution in [0.25, 0.3) is 0 Å². The summed E-state index contributed by atoms with van der Waals surface area (Å²) in [5, 5.41) is 0. The number of ether oxygens (including phenoxy) is 1. The molecule has 0 aliphatic heterocycles. The molecule has 0 unspecified atom stereocenters. The van der Waals surface area contributed by atoms with Gasteiger partial charge in [0.1, 0.15) is 5.56 Å². The first kappa shape index (κ1) is 13.2. The van der Waals surface area contributed by atoms with E-state index < -0.39 is 5.97 Å². The van der Waals surface area contributed by atoms with Gasteiger partial charge in [0.05, 0.1) is 6.10 Å². The third-order valence-corrected chi connectivity index (χ3v) is 3.73. The van der Waals surface area contributed by atoms with Gasteiger partial charge in [0.25, 0.3) is 5.56 Å². The average molecular weight is 335 g/mol. The van der Waals surface area contributed by atoms with Crippen molar-refractivity contribution in [3.63, 3.8) is 0 Å². The lowest BCUT2D eigenvalue weighted by atomic mass is 10.1. The standard InChI is InChI=1S/C11H14INO3/c1-5(2)16-11(15)8-6(3)9(12)7(4)13-10(8)14/h5H,1-4H3,(H,13,14). The number of hydrogen-bond acceptors (Lipinski definition) is 3. The molecule has 1 heterocycles. The van der Waals surface area contributed by atoms with Gasteiger partial charge in [-0.1, -0.05) is 0 Å².